The van der Waals surface area contributed by atoms with Crippen LogP contribution >= 0.6 is 0 Å². The number of aryl methyl sites for hydroxylation is 2. The second-order valence-electron chi connectivity index (χ2n) is 7.57. The molecule has 0 saturated heterocycles. The summed E-state index contributed by atoms with van der Waals surface area (Å²) >= 11 is 0. The number of carbonyl (C=O) groups is 1. The standard InChI is InChI=1S/C25H23N3O4S/c1-17-8-9-21(14-24(17)33(30,31)27-15-19-6-4-3-5-7-19)25(29)28-22-12-10-20(11-13-22)23-16-26-18(2)32-23/h3-14,16,27H,15H2,1-2H3,(H,28,29). The molecule has 168 valence electrons. The SMILES string of the molecule is Cc1ncc(-c2ccc(NC(=O)c3ccc(C)c(S(=O)(=O)NCc4ccccc4)c3)cc2)o1. The van der Waals surface area contributed by atoms with Crippen molar-refractivity contribution in [1.29, 1.82) is 0 Å². The van der Waals surface area contributed by atoms with Crippen molar-refractivity contribution in [1.82, 2.24) is 9.71 Å². The van der Waals surface area contributed by atoms with Crippen LogP contribution < -0.4 is 10.0 Å². The van der Waals surface area contributed by atoms with Crippen LogP contribution in [0.2, 0.25) is 0 Å². The topological polar surface area (TPSA) is 101 Å². The van der Waals surface area contributed by atoms with E-state index in [1.807, 2.05) is 42.5 Å². The highest BCUT2D eigenvalue weighted by Crippen LogP contribution is 2.23. The molecule has 0 aliphatic heterocycles. The van der Waals surface area contributed by atoms with E-state index in [1.165, 1.54) is 6.07 Å². The van der Waals surface area contributed by atoms with Crippen LogP contribution in [0.3, 0.4) is 0 Å². The van der Waals surface area contributed by atoms with Crippen molar-refractivity contribution in [3.8, 4) is 11.3 Å². The van der Waals surface area contributed by atoms with Crippen LogP contribution in [0.25, 0.3) is 11.3 Å². The van der Waals surface area contributed by atoms with Crippen LogP contribution in [0.5, 0.6) is 0 Å². The number of hydrogen-bond donors (Lipinski definition) is 2. The van der Waals surface area contributed by atoms with E-state index in [9.17, 15) is 13.2 Å². The Morgan fingerprint density at radius 1 is 0.970 bits per heavy atom. The molecule has 0 radical (unpaired) electrons. The smallest absolute Gasteiger partial charge is 0.255 e. The number of sulfonamides is 1. The molecule has 0 aliphatic carbocycles. The highest BCUT2D eigenvalue weighted by molar-refractivity contribution is 7.89. The second kappa shape index (κ2) is 9.40. The summed E-state index contributed by atoms with van der Waals surface area (Å²) in [5.74, 6) is 0.810. The third-order valence-electron chi connectivity index (χ3n) is 5.10. The normalized spacial score (nSPS) is 11.3. The Kier molecular flexibility index (Phi) is 6.39. The van der Waals surface area contributed by atoms with E-state index in [-0.39, 0.29) is 17.0 Å². The second-order valence-corrected chi connectivity index (χ2v) is 9.30. The predicted molar refractivity (Wildman–Crippen MR) is 126 cm³/mol. The van der Waals surface area contributed by atoms with Gasteiger partial charge in [0.2, 0.25) is 10.0 Å². The lowest BCUT2D eigenvalue weighted by molar-refractivity contribution is 0.102. The maximum Gasteiger partial charge on any atom is 0.255 e. The lowest BCUT2D eigenvalue weighted by Crippen LogP contribution is -2.24. The van der Waals surface area contributed by atoms with Crippen LogP contribution in [0.1, 0.15) is 27.4 Å². The molecule has 1 aromatic heterocycles. The Bertz CT molecular complexity index is 1380. The largest absolute Gasteiger partial charge is 0.441 e. The van der Waals surface area contributed by atoms with Gasteiger partial charge in [0.1, 0.15) is 0 Å². The number of rotatable bonds is 7. The number of nitrogens with zero attached hydrogens (tertiary/aromatic N) is 1. The molecule has 0 atom stereocenters. The van der Waals surface area contributed by atoms with Crippen LogP contribution in [0, 0.1) is 13.8 Å². The van der Waals surface area contributed by atoms with Gasteiger partial charge in [-0.05, 0) is 54.4 Å². The van der Waals surface area contributed by atoms with Crippen LogP contribution in [-0.4, -0.2) is 19.3 Å². The van der Waals surface area contributed by atoms with E-state index in [4.69, 9.17) is 4.42 Å². The molecule has 4 aromatic rings. The Labute approximate surface area is 192 Å². The molecular weight excluding hydrogens is 438 g/mol. The van der Waals surface area contributed by atoms with Gasteiger partial charge in [-0.2, -0.15) is 0 Å². The molecule has 3 aromatic carbocycles. The van der Waals surface area contributed by atoms with Crippen molar-refractivity contribution < 1.29 is 17.6 Å². The molecule has 0 spiro atoms. The molecule has 0 aliphatic rings. The van der Waals surface area contributed by atoms with Gasteiger partial charge >= 0.3 is 0 Å². The Balaban J connectivity index is 1.49. The van der Waals surface area contributed by atoms with E-state index < -0.39 is 15.9 Å². The van der Waals surface area contributed by atoms with Gasteiger partial charge in [-0.1, -0.05) is 36.4 Å². The summed E-state index contributed by atoms with van der Waals surface area (Å²) in [6.45, 7) is 3.63. The Morgan fingerprint density at radius 3 is 2.36 bits per heavy atom. The number of benzene rings is 3. The third kappa shape index (κ3) is 5.36. The zero-order valence-corrected chi connectivity index (χ0v) is 19.0. The lowest BCUT2D eigenvalue weighted by atomic mass is 10.1. The highest BCUT2D eigenvalue weighted by Gasteiger charge is 2.19. The number of carbonyl (C=O) groups excluding carboxylic acids is 1. The van der Waals surface area contributed by atoms with Gasteiger partial charge in [-0.3, -0.25) is 4.79 Å². The van der Waals surface area contributed by atoms with Crippen molar-refractivity contribution >= 4 is 21.6 Å². The van der Waals surface area contributed by atoms with E-state index in [2.05, 4.69) is 15.0 Å². The first-order valence-electron chi connectivity index (χ1n) is 10.3. The zero-order chi connectivity index (χ0) is 23.4. The minimum absolute atomic E-state index is 0.0714. The minimum atomic E-state index is -3.80. The highest BCUT2D eigenvalue weighted by atomic mass is 32.2. The number of amides is 1. The van der Waals surface area contributed by atoms with Gasteiger partial charge in [-0.15, -0.1) is 0 Å². The van der Waals surface area contributed by atoms with E-state index >= 15 is 0 Å². The fraction of sp³-hybridized carbons (Fsp3) is 0.120. The molecule has 1 amide bonds. The number of aromatic nitrogens is 1. The summed E-state index contributed by atoms with van der Waals surface area (Å²) < 4.78 is 33.9. The molecule has 0 fully saturated rings. The van der Waals surface area contributed by atoms with Gasteiger partial charge in [0.15, 0.2) is 11.7 Å². The summed E-state index contributed by atoms with van der Waals surface area (Å²) in [6.07, 6.45) is 1.64. The molecule has 7 nitrogen and oxygen atoms in total. The van der Waals surface area contributed by atoms with Crippen LogP contribution in [0.15, 0.2) is 88.3 Å². The minimum Gasteiger partial charge on any atom is -0.441 e. The molecule has 2 N–H and O–H groups in total. The molecule has 1 heterocycles. The van der Waals surface area contributed by atoms with Crippen molar-refractivity contribution in [2.45, 2.75) is 25.3 Å². The summed E-state index contributed by atoms with van der Waals surface area (Å²) in [5, 5.41) is 2.80. The predicted octanol–water partition coefficient (Wildman–Crippen LogP) is 4.69. The summed E-state index contributed by atoms with van der Waals surface area (Å²) in [5.41, 5.74) is 3.06. The first kappa shape index (κ1) is 22.4. The Morgan fingerprint density at radius 2 is 1.70 bits per heavy atom. The van der Waals surface area contributed by atoms with E-state index in [1.54, 1.807) is 44.3 Å². The van der Waals surface area contributed by atoms with Gasteiger partial charge in [-0.25, -0.2) is 18.1 Å². The summed E-state index contributed by atoms with van der Waals surface area (Å²) in [4.78, 5) is 16.9. The fourth-order valence-electron chi connectivity index (χ4n) is 3.30. The third-order valence-corrected chi connectivity index (χ3v) is 6.64. The monoisotopic (exact) mass is 461 g/mol. The quantitative estimate of drug-likeness (QED) is 0.416. The van der Waals surface area contributed by atoms with Gasteiger partial charge in [0.05, 0.1) is 11.1 Å². The maximum atomic E-state index is 12.9. The van der Waals surface area contributed by atoms with E-state index in [0.29, 0.717) is 22.9 Å². The molecular formula is C25H23N3O4S. The summed E-state index contributed by atoms with van der Waals surface area (Å²) in [7, 11) is -3.80. The number of hydrogen-bond acceptors (Lipinski definition) is 5. The molecule has 4 rings (SSSR count). The van der Waals surface area contributed by atoms with Crippen LogP contribution in [0.4, 0.5) is 5.69 Å². The van der Waals surface area contributed by atoms with Crippen molar-refractivity contribution in [3.63, 3.8) is 0 Å². The van der Waals surface area contributed by atoms with Crippen LogP contribution in [-0.2, 0) is 16.6 Å². The Hall–Kier alpha value is -3.75. The average molecular weight is 462 g/mol. The fourth-order valence-corrected chi connectivity index (χ4v) is 4.58. The first-order valence-corrected chi connectivity index (χ1v) is 11.8. The molecule has 0 unspecified atom stereocenters. The number of anilines is 1. The molecule has 8 heteroatoms. The first-order chi connectivity index (χ1) is 15.8. The van der Waals surface area contributed by atoms with E-state index in [0.717, 1.165) is 11.1 Å². The maximum absolute atomic E-state index is 12.9. The molecule has 0 saturated carbocycles. The lowest BCUT2D eigenvalue weighted by Gasteiger charge is -2.12. The molecule has 0 bridgehead atoms. The van der Waals surface area contributed by atoms with Crippen molar-refractivity contribution in [2.24, 2.45) is 0 Å². The van der Waals surface area contributed by atoms with Crippen molar-refractivity contribution in [2.75, 3.05) is 5.32 Å². The van der Waals surface area contributed by atoms with Gasteiger partial charge < -0.3 is 9.73 Å². The summed E-state index contributed by atoms with van der Waals surface area (Å²) in [6, 6.07) is 21.0. The van der Waals surface area contributed by atoms with Gasteiger partial charge in [0.25, 0.3) is 5.91 Å². The number of nitrogens with one attached hydrogen (secondary N) is 2. The zero-order valence-electron chi connectivity index (χ0n) is 18.2. The van der Waals surface area contributed by atoms with Crippen molar-refractivity contribution in [3.05, 3.63) is 102 Å². The number of oxazole rings is 1. The molecule has 33 heavy (non-hydrogen) atoms. The van der Waals surface area contributed by atoms with Gasteiger partial charge in [0, 0.05) is 30.3 Å². The average Bonchev–Trinajstić information content (AvgIpc) is 3.25.